The van der Waals surface area contributed by atoms with Gasteiger partial charge in [0.1, 0.15) is 35.1 Å². The molecule has 7 N–H and O–H groups in total. The maximum atomic E-state index is 10.3. The lowest BCUT2D eigenvalue weighted by Crippen LogP contribution is -2.32. The molecule has 0 saturated heterocycles. The van der Waals surface area contributed by atoms with Crippen molar-refractivity contribution in [1.29, 1.82) is 10.5 Å². The lowest BCUT2D eigenvalue weighted by molar-refractivity contribution is 0.465. The van der Waals surface area contributed by atoms with Gasteiger partial charge in [-0.1, -0.05) is 11.6 Å². The Hall–Kier alpha value is -3.98. The highest BCUT2D eigenvalue weighted by Gasteiger charge is 2.31. The molecule has 1 aliphatic rings. The molecular formula is C16H14N8O. The number of nitrogens with one attached hydrogen (secondary N) is 2. The van der Waals surface area contributed by atoms with E-state index in [4.69, 9.17) is 16.7 Å². The molecule has 0 spiro atoms. The minimum atomic E-state index is -0.757. The van der Waals surface area contributed by atoms with Gasteiger partial charge in [0.15, 0.2) is 6.19 Å². The summed E-state index contributed by atoms with van der Waals surface area (Å²) in [5, 5.41) is 33.6. The Balaban J connectivity index is 2.30. The summed E-state index contributed by atoms with van der Waals surface area (Å²) in [5.41, 5.74) is 13.9. The van der Waals surface area contributed by atoms with Crippen molar-refractivity contribution in [1.82, 2.24) is 10.3 Å². The topological polar surface area (TPSA) is 169 Å². The number of hydrogen-bond acceptors (Lipinski definition) is 9. The van der Waals surface area contributed by atoms with Gasteiger partial charge in [-0.3, -0.25) is 5.32 Å². The van der Waals surface area contributed by atoms with E-state index in [1.54, 1.807) is 24.4 Å². The second-order valence-electron chi connectivity index (χ2n) is 5.46. The number of nitriles is 2. The zero-order chi connectivity index (χ0) is 18.1. The van der Waals surface area contributed by atoms with Gasteiger partial charge in [0.05, 0.1) is 5.69 Å². The SMILES string of the molecule is Cc1ccc(O)c(C2N=C(NC#N)Nc3nc(N)c(C#N)c(N)c32)c1. The predicted molar refractivity (Wildman–Crippen MR) is 92.3 cm³/mol. The lowest BCUT2D eigenvalue weighted by Gasteiger charge is -2.26. The van der Waals surface area contributed by atoms with E-state index in [0.717, 1.165) is 5.56 Å². The van der Waals surface area contributed by atoms with Crippen LogP contribution in [0.5, 0.6) is 5.75 Å². The van der Waals surface area contributed by atoms with Gasteiger partial charge in [0.2, 0.25) is 5.96 Å². The van der Waals surface area contributed by atoms with Crippen LogP contribution in [0.25, 0.3) is 0 Å². The van der Waals surface area contributed by atoms with E-state index in [2.05, 4.69) is 20.6 Å². The summed E-state index contributed by atoms with van der Waals surface area (Å²) < 4.78 is 0. The van der Waals surface area contributed by atoms with Crippen LogP contribution in [-0.4, -0.2) is 16.1 Å². The molecule has 25 heavy (non-hydrogen) atoms. The number of aromatic nitrogens is 1. The third-order valence-corrected chi connectivity index (χ3v) is 3.84. The van der Waals surface area contributed by atoms with Gasteiger partial charge < -0.3 is 21.9 Å². The number of hydrogen-bond donors (Lipinski definition) is 5. The molecule has 1 aromatic carbocycles. The zero-order valence-electron chi connectivity index (χ0n) is 13.2. The van der Waals surface area contributed by atoms with E-state index in [-0.39, 0.29) is 34.6 Å². The van der Waals surface area contributed by atoms with Crippen LogP contribution in [0.3, 0.4) is 0 Å². The molecule has 0 radical (unpaired) electrons. The summed E-state index contributed by atoms with van der Waals surface area (Å²) >= 11 is 0. The van der Waals surface area contributed by atoms with E-state index >= 15 is 0 Å². The third-order valence-electron chi connectivity index (χ3n) is 3.84. The standard InChI is InChI=1S/C16H14N8O/c1-7-2-3-10(25)8(4-7)13-11-12(19)9(5-17)14(20)23-15(11)24-16(22-13)21-6-18/h2-4,13,25H,1H3,(H6,19,20,21,22,23,24). The van der Waals surface area contributed by atoms with Gasteiger partial charge in [0.25, 0.3) is 0 Å². The average molecular weight is 334 g/mol. The van der Waals surface area contributed by atoms with E-state index in [1.165, 1.54) is 0 Å². The lowest BCUT2D eigenvalue weighted by atomic mass is 9.93. The molecule has 0 aliphatic carbocycles. The second-order valence-corrected chi connectivity index (χ2v) is 5.46. The fourth-order valence-electron chi connectivity index (χ4n) is 2.70. The van der Waals surface area contributed by atoms with Crippen LogP contribution >= 0.6 is 0 Å². The zero-order valence-corrected chi connectivity index (χ0v) is 13.2. The molecule has 0 saturated carbocycles. The normalized spacial score (nSPS) is 15.2. The van der Waals surface area contributed by atoms with Crippen LogP contribution in [-0.2, 0) is 0 Å². The Labute approximate surface area is 143 Å². The van der Waals surface area contributed by atoms with E-state index in [9.17, 15) is 10.4 Å². The highest BCUT2D eigenvalue weighted by molar-refractivity contribution is 5.98. The fourth-order valence-corrected chi connectivity index (χ4v) is 2.70. The number of aryl methyl sites for hydroxylation is 1. The van der Waals surface area contributed by atoms with Crippen molar-refractivity contribution in [3.8, 4) is 18.0 Å². The highest BCUT2D eigenvalue weighted by atomic mass is 16.3. The molecule has 1 aromatic heterocycles. The first kappa shape index (κ1) is 15.9. The molecule has 124 valence electrons. The van der Waals surface area contributed by atoms with Crippen LogP contribution in [0.1, 0.15) is 28.3 Å². The molecule has 0 fully saturated rings. The van der Waals surface area contributed by atoms with Gasteiger partial charge in [0, 0.05) is 11.1 Å². The molecule has 2 aromatic rings. The van der Waals surface area contributed by atoms with E-state index < -0.39 is 6.04 Å². The van der Waals surface area contributed by atoms with Crippen molar-refractivity contribution < 1.29 is 5.11 Å². The van der Waals surface area contributed by atoms with E-state index in [0.29, 0.717) is 11.1 Å². The van der Waals surface area contributed by atoms with Crippen LogP contribution in [0.4, 0.5) is 17.3 Å². The Bertz CT molecular complexity index is 983. The Morgan fingerprint density at radius 1 is 1.32 bits per heavy atom. The first-order valence-electron chi connectivity index (χ1n) is 7.24. The molecular weight excluding hydrogens is 320 g/mol. The third kappa shape index (κ3) is 2.60. The summed E-state index contributed by atoms with van der Waals surface area (Å²) in [6, 6.07) is 6.23. The maximum absolute atomic E-state index is 10.3. The number of aliphatic imine (C=N–C) groups is 1. The van der Waals surface area contributed by atoms with Gasteiger partial charge in [-0.2, -0.15) is 10.5 Å². The minimum Gasteiger partial charge on any atom is -0.508 e. The van der Waals surface area contributed by atoms with Crippen molar-refractivity contribution in [3.05, 3.63) is 40.5 Å². The summed E-state index contributed by atoms with van der Waals surface area (Å²) in [6.07, 6.45) is 1.77. The molecule has 1 atom stereocenters. The first-order valence-corrected chi connectivity index (χ1v) is 7.24. The van der Waals surface area contributed by atoms with Crippen molar-refractivity contribution in [2.24, 2.45) is 4.99 Å². The maximum Gasteiger partial charge on any atom is 0.211 e. The Kier molecular flexibility index (Phi) is 3.76. The monoisotopic (exact) mass is 334 g/mol. The molecule has 0 bridgehead atoms. The number of nitrogen functional groups attached to an aromatic ring is 2. The summed E-state index contributed by atoms with van der Waals surface area (Å²) in [4.78, 5) is 8.55. The largest absolute Gasteiger partial charge is 0.508 e. The van der Waals surface area contributed by atoms with Crippen LogP contribution < -0.4 is 22.1 Å². The molecule has 9 nitrogen and oxygen atoms in total. The quantitative estimate of drug-likeness (QED) is 0.381. The minimum absolute atomic E-state index is 0.0123. The van der Waals surface area contributed by atoms with Crippen LogP contribution in [0, 0.1) is 29.7 Å². The molecule has 1 unspecified atom stereocenters. The molecule has 1 aliphatic heterocycles. The molecule has 3 rings (SSSR count). The van der Waals surface area contributed by atoms with Crippen LogP contribution in [0.15, 0.2) is 23.2 Å². The number of benzene rings is 1. The number of nitrogens with zero attached hydrogens (tertiary/aromatic N) is 4. The molecule has 2 heterocycles. The Morgan fingerprint density at radius 2 is 2.08 bits per heavy atom. The smallest absolute Gasteiger partial charge is 0.211 e. The summed E-state index contributed by atoms with van der Waals surface area (Å²) in [5.74, 6) is 0.388. The summed E-state index contributed by atoms with van der Waals surface area (Å²) in [7, 11) is 0. The number of fused-ring (bicyclic) bond motifs is 1. The van der Waals surface area contributed by atoms with Gasteiger partial charge in [-0.25, -0.2) is 9.98 Å². The highest BCUT2D eigenvalue weighted by Crippen LogP contribution is 2.42. The number of rotatable bonds is 1. The fraction of sp³-hybridized carbons (Fsp3) is 0.125. The number of phenolic OH excluding ortho intramolecular Hbond substituents is 1. The average Bonchev–Trinajstić information content (AvgIpc) is 2.57. The molecule has 0 amide bonds. The second kappa shape index (κ2) is 5.91. The van der Waals surface area contributed by atoms with Crippen molar-refractivity contribution in [3.63, 3.8) is 0 Å². The number of aromatic hydroxyl groups is 1. The van der Waals surface area contributed by atoms with Gasteiger partial charge in [-0.05, 0) is 19.1 Å². The first-order chi connectivity index (χ1) is 12.0. The van der Waals surface area contributed by atoms with Gasteiger partial charge >= 0.3 is 0 Å². The van der Waals surface area contributed by atoms with Crippen LogP contribution in [0.2, 0.25) is 0 Å². The predicted octanol–water partition coefficient (Wildman–Crippen LogP) is 1.07. The number of nitrogens with two attached hydrogens (primary N) is 2. The van der Waals surface area contributed by atoms with Crippen molar-refractivity contribution in [2.45, 2.75) is 13.0 Å². The van der Waals surface area contributed by atoms with Gasteiger partial charge in [-0.15, -0.1) is 0 Å². The number of pyridine rings is 1. The Morgan fingerprint density at radius 3 is 2.76 bits per heavy atom. The number of guanidine groups is 1. The molecule has 9 heteroatoms. The summed E-state index contributed by atoms with van der Waals surface area (Å²) in [6.45, 7) is 1.87. The van der Waals surface area contributed by atoms with Crippen molar-refractivity contribution in [2.75, 3.05) is 16.8 Å². The number of phenols is 1. The number of anilines is 3. The van der Waals surface area contributed by atoms with Crippen molar-refractivity contribution >= 4 is 23.3 Å². The van der Waals surface area contributed by atoms with E-state index in [1.807, 2.05) is 13.0 Å².